The molecule has 2 amide bonds. The summed E-state index contributed by atoms with van der Waals surface area (Å²) in [4.78, 5) is 44.8. The van der Waals surface area contributed by atoms with Crippen molar-refractivity contribution < 1.29 is 9.59 Å². The zero-order valence-electron chi connectivity index (χ0n) is 17.4. The normalized spacial score (nSPS) is 14.6. The lowest BCUT2D eigenvalue weighted by Gasteiger charge is -2.34. The number of piperazine rings is 1. The topological polar surface area (TPSA) is 90.8 Å². The van der Waals surface area contributed by atoms with Crippen molar-refractivity contribution in [3.8, 4) is 0 Å². The minimum Gasteiger partial charge on any atom is -0.332 e. The van der Waals surface area contributed by atoms with E-state index in [1.165, 1.54) is 6.07 Å². The Morgan fingerprint density at radius 2 is 1.83 bits per heavy atom. The van der Waals surface area contributed by atoms with Crippen molar-refractivity contribution in [1.29, 1.82) is 0 Å². The molecular weight excluding hydrogens is 382 g/mol. The van der Waals surface area contributed by atoms with Crippen molar-refractivity contribution in [1.82, 2.24) is 19.5 Å². The number of carbonyl (C=O) groups is 2. The molecule has 3 aromatic rings. The number of aryl methyl sites for hydroxylation is 3. The molecule has 0 saturated carbocycles. The Labute approximate surface area is 174 Å². The van der Waals surface area contributed by atoms with Crippen LogP contribution in [0.5, 0.6) is 0 Å². The molecule has 156 valence electrons. The van der Waals surface area contributed by atoms with Gasteiger partial charge >= 0.3 is 0 Å². The van der Waals surface area contributed by atoms with E-state index in [1.807, 2.05) is 45.0 Å². The number of anilines is 1. The van der Waals surface area contributed by atoms with Gasteiger partial charge in [-0.15, -0.1) is 0 Å². The van der Waals surface area contributed by atoms with E-state index in [0.29, 0.717) is 25.2 Å². The van der Waals surface area contributed by atoms with Crippen LogP contribution in [0.3, 0.4) is 0 Å². The lowest BCUT2D eigenvalue weighted by atomic mass is 10.1. The van der Waals surface area contributed by atoms with Gasteiger partial charge in [0.1, 0.15) is 6.54 Å². The molecule has 0 radical (unpaired) electrons. The minimum atomic E-state index is -0.205. The highest BCUT2D eigenvalue weighted by Crippen LogP contribution is 2.20. The van der Waals surface area contributed by atoms with Gasteiger partial charge in [-0.25, -0.2) is 9.50 Å². The second-order valence-electron chi connectivity index (χ2n) is 7.77. The molecule has 0 spiro atoms. The van der Waals surface area contributed by atoms with E-state index in [-0.39, 0.29) is 30.3 Å². The average Bonchev–Trinajstić information content (AvgIpc) is 3.08. The maximum atomic E-state index is 12.8. The quantitative estimate of drug-likeness (QED) is 0.713. The molecule has 0 atom stereocenters. The van der Waals surface area contributed by atoms with Crippen LogP contribution in [-0.2, 0) is 16.0 Å². The van der Waals surface area contributed by atoms with Gasteiger partial charge in [0.15, 0.2) is 5.65 Å². The first-order chi connectivity index (χ1) is 14.3. The highest BCUT2D eigenvalue weighted by molar-refractivity contribution is 5.97. The number of aromatic nitrogens is 3. The fraction of sp³-hybridized carbons (Fsp3) is 0.364. The zero-order chi connectivity index (χ0) is 21.4. The molecule has 30 heavy (non-hydrogen) atoms. The summed E-state index contributed by atoms with van der Waals surface area (Å²) in [6, 6.07) is 9.28. The Morgan fingerprint density at radius 3 is 2.53 bits per heavy atom. The third kappa shape index (κ3) is 3.72. The maximum absolute atomic E-state index is 12.8. The first-order valence-corrected chi connectivity index (χ1v) is 10.1. The molecule has 1 fully saturated rings. The van der Waals surface area contributed by atoms with Gasteiger partial charge in [0.25, 0.3) is 5.56 Å². The molecule has 1 aliphatic rings. The monoisotopic (exact) mass is 407 g/mol. The van der Waals surface area contributed by atoms with Crippen LogP contribution in [0.1, 0.15) is 28.9 Å². The first kappa shape index (κ1) is 19.9. The fourth-order valence-corrected chi connectivity index (χ4v) is 3.99. The van der Waals surface area contributed by atoms with Gasteiger partial charge in [-0.3, -0.25) is 19.5 Å². The van der Waals surface area contributed by atoms with Gasteiger partial charge < -0.3 is 9.80 Å². The summed E-state index contributed by atoms with van der Waals surface area (Å²) < 4.78 is 1.65. The summed E-state index contributed by atoms with van der Waals surface area (Å²) in [6.07, 6.45) is 0.796. The number of hydrogen-bond acceptors (Lipinski definition) is 4. The van der Waals surface area contributed by atoms with Crippen LogP contribution in [-0.4, -0.2) is 50.9 Å². The van der Waals surface area contributed by atoms with Crippen LogP contribution in [0.4, 0.5) is 5.69 Å². The average molecular weight is 407 g/mol. The standard InChI is InChI=1S/C22H25N5O3/c1-14-4-6-17(7-5-14)26-11-10-25(13-22(26)30)21(29)9-8-18-15(2)23-19-12-20(28)24-27(19)16(18)3/h4-7,12H,8-11,13H2,1-3H3,(H,24,28). The molecule has 3 heterocycles. The van der Waals surface area contributed by atoms with Gasteiger partial charge in [0, 0.05) is 42.7 Å². The summed E-state index contributed by atoms with van der Waals surface area (Å²) in [5.74, 6) is -0.120. The number of H-pyrrole nitrogens is 1. The van der Waals surface area contributed by atoms with Crippen LogP contribution in [0, 0.1) is 20.8 Å². The van der Waals surface area contributed by atoms with Crippen LogP contribution in [0.2, 0.25) is 0 Å². The van der Waals surface area contributed by atoms with Crippen molar-refractivity contribution in [3.05, 3.63) is 63.2 Å². The summed E-state index contributed by atoms with van der Waals surface area (Å²) in [5.41, 5.74) is 4.98. The number of rotatable bonds is 4. The number of nitrogens with zero attached hydrogens (tertiary/aromatic N) is 4. The Balaban J connectivity index is 1.42. The predicted molar refractivity (Wildman–Crippen MR) is 114 cm³/mol. The van der Waals surface area contributed by atoms with E-state index in [2.05, 4.69) is 10.1 Å². The number of benzene rings is 1. The second kappa shape index (κ2) is 7.78. The minimum absolute atomic E-state index is 0.0493. The number of carbonyl (C=O) groups excluding carboxylic acids is 2. The van der Waals surface area contributed by atoms with Crippen molar-refractivity contribution in [2.24, 2.45) is 0 Å². The molecule has 0 unspecified atom stereocenters. The van der Waals surface area contributed by atoms with E-state index >= 15 is 0 Å². The second-order valence-corrected chi connectivity index (χ2v) is 7.77. The summed E-state index contributed by atoms with van der Waals surface area (Å²) in [6.45, 7) is 6.89. The van der Waals surface area contributed by atoms with E-state index in [1.54, 1.807) is 14.3 Å². The van der Waals surface area contributed by atoms with Crippen molar-refractivity contribution in [2.75, 3.05) is 24.5 Å². The van der Waals surface area contributed by atoms with Crippen molar-refractivity contribution in [2.45, 2.75) is 33.6 Å². The Hall–Kier alpha value is -3.42. The van der Waals surface area contributed by atoms with Crippen LogP contribution >= 0.6 is 0 Å². The van der Waals surface area contributed by atoms with E-state index < -0.39 is 0 Å². The van der Waals surface area contributed by atoms with Gasteiger partial charge in [0.2, 0.25) is 11.8 Å². The largest absolute Gasteiger partial charge is 0.332 e. The molecule has 1 aliphatic heterocycles. The third-order valence-electron chi connectivity index (χ3n) is 5.71. The number of aromatic amines is 1. The highest BCUT2D eigenvalue weighted by atomic mass is 16.2. The summed E-state index contributed by atoms with van der Waals surface area (Å²) in [5, 5.41) is 2.73. The van der Waals surface area contributed by atoms with Crippen molar-refractivity contribution >= 4 is 23.1 Å². The molecule has 0 bridgehead atoms. The SMILES string of the molecule is Cc1ccc(N2CCN(C(=O)CCc3c(C)nc4cc(=O)[nH]n4c3C)CC2=O)cc1. The smallest absolute Gasteiger partial charge is 0.266 e. The van der Waals surface area contributed by atoms with E-state index in [9.17, 15) is 14.4 Å². The van der Waals surface area contributed by atoms with Gasteiger partial charge in [-0.2, -0.15) is 0 Å². The highest BCUT2D eigenvalue weighted by Gasteiger charge is 2.28. The molecule has 2 aromatic heterocycles. The van der Waals surface area contributed by atoms with Gasteiger partial charge in [-0.1, -0.05) is 17.7 Å². The third-order valence-corrected chi connectivity index (χ3v) is 5.71. The predicted octanol–water partition coefficient (Wildman–Crippen LogP) is 1.76. The van der Waals surface area contributed by atoms with E-state index in [4.69, 9.17) is 0 Å². The molecule has 8 nitrogen and oxygen atoms in total. The van der Waals surface area contributed by atoms with Crippen LogP contribution in [0.25, 0.3) is 5.65 Å². The number of amides is 2. The van der Waals surface area contributed by atoms with Crippen LogP contribution < -0.4 is 10.5 Å². The lowest BCUT2D eigenvalue weighted by Crippen LogP contribution is -2.52. The maximum Gasteiger partial charge on any atom is 0.266 e. The lowest BCUT2D eigenvalue weighted by molar-refractivity contribution is -0.136. The molecule has 1 saturated heterocycles. The zero-order valence-corrected chi connectivity index (χ0v) is 17.4. The molecule has 1 aromatic carbocycles. The van der Waals surface area contributed by atoms with E-state index in [0.717, 1.165) is 28.2 Å². The van der Waals surface area contributed by atoms with Gasteiger partial charge in [0.05, 0.1) is 0 Å². The molecule has 4 rings (SSSR count). The molecule has 1 N–H and O–H groups in total. The Kier molecular flexibility index (Phi) is 5.15. The Bertz CT molecular complexity index is 1180. The number of nitrogens with one attached hydrogen (secondary N) is 1. The molecular formula is C22H25N5O3. The first-order valence-electron chi connectivity index (χ1n) is 10.1. The van der Waals surface area contributed by atoms with Crippen molar-refractivity contribution in [3.63, 3.8) is 0 Å². The number of fused-ring (bicyclic) bond motifs is 1. The van der Waals surface area contributed by atoms with Gasteiger partial charge in [-0.05, 0) is 44.9 Å². The molecule has 8 heteroatoms. The summed E-state index contributed by atoms with van der Waals surface area (Å²) >= 11 is 0. The molecule has 0 aliphatic carbocycles. The summed E-state index contributed by atoms with van der Waals surface area (Å²) in [7, 11) is 0. The fourth-order valence-electron chi connectivity index (χ4n) is 3.99. The van der Waals surface area contributed by atoms with Crippen LogP contribution in [0.15, 0.2) is 35.1 Å². The number of hydrogen-bond donors (Lipinski definition) is 1. The Morgan fingerprint density at radius 1 is 1.10 bits per heavy atom.